The molecule has 0 unspecified atom stereocenters. The number of nitrogens with one attached hydrogen (secondary N) is 1. The van der Waals surface area contributed by atoms with Crippen molar-refractivity contribution < 1.29 is 4.74 Å². The highest BCUT2D eigenvalue weighted by molar-refractivity contribution is 7.16. The van der Waals surface area contributed by atoms with E-state index in [1.54, 1.807) is 6.08 Å². The van der Waals surface area contributed by atoms with E-state index in [1.807, 2.05) is 29.7 Å². The van der Waals surface area contributed by atoms with Gasteiger partial charge in [-0.25, -0.2) is 0 Å². The number of rotatable bonds is 4. The quantitative estimate of drug-likeness (QED) is 0.812. The fraction of sp³-hybridized carbons (Fsp3) is 0.250. The van der Waals surface area contributed by atoms with Crippen LogP contribution >= 0.6 is 11.3 Å². The van der Waals surface area contributed by atoms with Crippen molar-refractivity contribution in [2.24, 2.45) is 0 Å². The van der Waals surface area contributed by atoms with Crippen molar-refractivity contribution in [3.63, 3.8) is 0 Å². The Morgan fingerprint density at radius 2 is 2.38 bits per heavy atom. The molecule has 16 heavy (non-hydrogen) atoms. The molecule has 1 heterocycles. The lowest BCUT2D eigenvalue weighted by molar-refractivity contribution is 0.342. The third-order valence-corrected chi connectivity index (χ3v) is 3.26. The number of ether oxygens (including phenoxy) is 1. The van der Waals surface area contributed by atoms with Crippen LogP contribution in [0.4, 0.5) is 0 Å². The van der Waals surface area contributed by atoms with Crippen LogP contribution in [0.25, 0.3) is 10.2 Å². The number of fused-ring (bicyclic) bond motifs is 1. The fourth-order valence-electron chi connectivity index (χ4n) is 1.69. The number of para-hydroxylation sites is 1. The standard InChI is InChI=1S/C12H14N2OS/c1-3-8-14-11-9(15-4-2)6-5-7-10(11)16-12(14)13/h3,5-7,13H,1,4,8H2,2H3. The minimum atomic E-state index is 0.530. The molecule has 0 fully saturated rings. The van der Waals surface area contributed by atoms with Gasteiger partial charge in [-0.05, 0) is 19.1 Å². The predicted molar refractivity (Wildman–Crippen MR) is 67.0 cm³/mol. The molecule has 0 atom stereocenters. The zero-order chi connectivity index (χ0) is 11.5. The van der Waals surface area contributed by atoms with Crippen LogP contribution in [0.5, 0.6) is 5.75 Å². The van der Waals surface area contributed by atoms with E-state index in [9.17, 15) is 0 Å². The van der Waals surface area contributed by atoms with Gasteiger partial charge in [0.05, 0.1) is 11.3 Å². The Hall–Kier alpha value is -1.55. The second-order valence-corrected chi connectivity index (χ2v) is 4.37. The van der Waals surface area contributed by atoms with Crippen LogP contribution in [0.2, 0.25) is 0 Å². The van der Waals surface area contributed by atoms with E-state index >= 15 is 0 Å². The Bertz CT molecular complexity index is 568. The number of allylic oxidation sites excluding steroid dienone is 1. The van der Waals surface area contributed by atoms with Crippen molar-refractivity contribution in [1.29, 1.82) is 5.41 Å². The summed E-state index contributed by atoms with van der Waals surface area (Å²) in [6.45, 7) is 6.96. The number of hydrogen-bond donors (Lipinski definition) is 1. The molecule has 1 aromatic carbocycles. The number of aromatic nitrogens is 1. The van der Waals surface area contributed by atoms with Gasteiger partial charge in [0.25, 0.3) is 0 Å². The highest BCUT2D eigenvalue weighted by Gasteiger charge is 2.09. The van der Waals surface area contributed by atoms with Crippen LogP contribution < -0.4 is 9.54 Å². The Balaban J connectivity index is 2.72. The van der Waals surface area contributed by atoms with Crippen molar-refractivity contribution in [2.45, 2.75) is 13.5 Å². The normalized spacial score (nSPS) is 10.6. The lowest BCUT2D eigenvalue weighted by atomic mass is 10.3. The summed E-state index contributed by atoms with van der Waals surface area (Å²) in [4.78, 5) is 0.530. The summed E-state index contributed by atoms with van der Waals surface area (Å²) in [5, 5.41) is 7.91. The lowest BCUT2D eigenvalue weighted by Gasteiger charge is -2.07. The molecule has 0 radical (unpaired) electrons. The van der Waals surface area contributed by atoms with E-state index in [0.29, 0.717) is 18.0 Å². The summed E-state index contributed by atoms with van der Waals surface area (Å²) in [7, 11) is 0. The molecule has 4 heteroatoms. The van der Waals surface area contributed by atoms with E-state index in [1.165, 1.54) is 11.3 Å². The van der Waals surface area contributed by atoms with Crippen molar-refractivity contribution in [2.75, 3.05) is 6.61 Å². The van der Waals surface area contributed by atoms with Gasteiger partial charge >= 0.3 is 0 Å². The summed E-state index contributed by atoms with van der Waals surface area (Å²) in [6, 6.07) is 5.92. The van der Waals surface area contributed by atoms with Crippen LogP contribution in [0, 0.1) is 5.41 Å². The fourth-order valence-corrected chi connectivity index (χ4v) is 2.63. The Morgan fingerprint density at radius 3 is 3.06 bits per heavy atom. The molecule has 1 aromatic heterocycles. The molecule has 0 spiro atoms. The SMILES string of the molecule is C=CCn1c(=N)sc2cccc(OCC)c21. The van der Waals surface area contributed by atoms with E-state index in [2.05, 4.69) is 6.58 Å². The van der Waals surface area contributed by atoms with Crippen LogP contribution in [-0.2, 0) is 6.54 Å². The first-order valence-electron chi connectivity index (χ1n) is 5.18. The number of thiazole rings is 1. The topological polar surface area (TPSA) is 38.0 Å². The zero-order valence-corrected chi connectivity index (χ0v) is 10.0. The number of nitrogens with zero attached hydrogens (tertiary/aromatic N) is 1. The van der Waals surface area contributed by atoms with Gasteiger partial charge in [-0.1, -0.05) is 23.5 Å². The molecule has 2 aromatic rings. The first-order chi connectivity index (χ1) is 7.77. The summed E-state index contributed by atoms with van der Waals surface area (Å²) >= 11 is 1.46. The predicted octanol–water partition coefficient (Wildman–Crippen LogP) is 2.77. The van der Waals surface area contributed by atoms with Crippen molar-refractivity contribution >= 4 is 21.6 Å². The zero-order valence-electron chi connectivity index (χ0n) is 9.19. The molecule has 0 saturated carbocycles. The van der Waals surface area contributed by atoms with E-state index in [0.717, 1.165) is 16.0 Å². The molecular formula is C12H14N2OS. The van der Waals surface area contributed by atoms with E-state index in [-0.39, 0.29) is 0 Å². The average Bonchev–Trinajstić information content (AvgIpc) is 2.58. The molecule has 0 aliphatic heterocycles. The molecule has 2 rings (SSSR count). The maximum atomic E-state index is 7.91. The minimum Gasteiger partial charge on any atom is -0.492 e. The van der Waals surface area contributed by atoms with E-state index < -0.39 is 0 Å². The van der Waals surface area contributed by atoms with Gasteiger partial charge in [-0.15, -0.1) is 6.58 Å². The molecule has 0 bridgehead atoms. The summed E-state index contributed by atoms with van der Waals surface area (Å²) in [5.74, 6) is 0.844. The molecule has 0 aliphatic rings. The first kappa shape index (κ1) is 11.0. The molecule has 0 saturated heterocycles. The lowest BCUT2D eigenvalue weighted by Crippen LogP contribution is -2.12. The van der Waals surface area contributed by atoms with Crippen LogP contribution in [0.3, 0.4) is 0 Å². The molecule has 0 aliphatic carbocycles. The van der Waals surface area contributed by atoms with Gasteiger partial charge in [0.15, 0.2) is 4.80 Å². The van der Waals surface area contributed by atoms with Crippen LogP contribution in [-0.4, -0.2) is 11.2 Å². The second kappa shape index (κ2) is 4.53. The third-order valence-electron chi connectivity index (χ3n) is 2.30. The summed E-state index contributed by atoms with van der Waals surface area (Å²) in [5.41, 5.74) is 0.999. The summed E-state index contributed by atoms with van der Waals surface area (Å²) in [6.07, 6.45) is 1.80. The van der Waals surface area contributed by atoms with Gasteiger partial charge in [-0.3, -0.25) is 5.41 Å². The molecular weight excluding hydrogens is 220 g/mol. The Kier molecular flexibility index (Phi) is 3.10. The highest BCUT2D eigenvalue weighted by atomic mass is 32.1. The minimum absolute atomic E-state index is 0.530. The number of benzene rings is 1. The van der Waals surface area contributed by atoms with Crippen LogP contribution in [0.1, 0.15) is 6.92 Å². The van der Waals surface area contributed by atoms with Gasteiger partial charge in [0.1, 0.15) is 11.3 Å². The van der Waals surface area contributed by atoms with Gasteiger partial charge < -0.3 is 9.30 Å². The van der Waals surface area contributed by atoms with Gasteiger partial charge in [0.2, 0.25) is 0 Å². The highest BCUT2D eigenvalue weighted by Crippen LogP contribution is 2.27. The van der Waals surface area contributed by atoms with Crippen molar-refractivity contribution in [1.82, 2.24) is 4.57 Å². The Labute approximate surface area is 98.1 Å². The third kappa shape index (κ3) is 1.76. The first-order valence-corrected chi connectivity index (χ1v) is 6.00. The number of hydrogen-bond acceptors (Lipinski definition) is 3. The second-order valence-electron chi connectivity index (χ2n) is 3.34. The molecule has 1 N–H and O–H groups in total. The average molecular weight is 234 g/mol. The maximum Gasteiger partial charge on any atom is 0.183 e. The largest absolute Gasteiger partial charge is 0.492 e. The Morgan fingerprint density at radius 1 is 1.56 bits per heavy atom. The molecule has 84 valence electrons. The molecule has 3 nitrogen and oxygen atoms in total. The van der Waals surface area contributed by atoms with E-state index in [4.69, 9.17) is 10.1 Å². The van der Waals surface area contributed by atoms with Crippen molar-refractivity contribution in [3.05, 3.63) is 35.7 Å². The molecule has 0 amide bonds. The van der Waals surface area contributed by atoms with Crippen molar-refractivity contribution in [3.8, 4) is 5.75 Å². The van der Waals surface area contributed by atoms with Gasteiger partial charge in [0, 0.05) is 6.54 Å². The maximum absolute atomic E-state index is 7.91. The van der Waals surface area contributed by atoms with Crippen LogP contribution in [0.15, 0.2) is 30.9 Å². The summed E-state index contributed by atoms with van der Waals surface area (Å²) < 4.78 is 8.58. The monoisotopic (exact) mass is 234 g/mol. The van der Waals surface area contributed by atoms with Gasteiger partial charge in [-0.2, -0.15) is 0 Å². The smallest absolute Gasteiger partial charge is 0.183 e.